The Balaban J connectivity index is 2.43. The van der Waals surface area contributed by atoms with Crippen LogP contribution in [0.15, 0.2) is 0 Å². The summed E-state index contributed by atoms with van der Waals surface area (Å²) < 4.78 is 0. The fourth-order valence-corrected chi connectivity index (χ4v) is 2.50. The molecule has 5 nitrogen and oxygen atoms in total. The summed E-state index contributed by atoms with van der Waals surface area (Å²) in [7, 11) is 0. The van der Waals surface area contributed by atoms with Crippen molar-refractivity contribution in [3.63, 3.8) is 0 Å². The van der Waals surface area contributed by atoms with Crippen molar-refractivity contribution in [2.75, 3.05) is 24.1 Å². The summed E-state index contributed by atoms with van der Waals surface area (Å²) in [6.07, 6.45) is 4.56. The van der Waals surface area contributed by atoms with E-state index in [4.69, 9.17) is 5.73 Å². The average molecular weight is 298 g/mol. The van der Waals surface area contributed by atoms with Crippen molar-refractivity contribution in [1.29, 1.82) is 0 Å². The average Bonchev–Trinajstić information content (AvgIpc) is 2.77. The second-order valence-electron chi connectivity index (χ2n) is 5.32. The van der Waals surface area contributed by atoms with Gasteiger partial charge < -0.3 is 16.4 Å². The van der Waals surface area contributed by atoms with Crippen LogP contribution in [0.2, 0.25) is 0 Å². The fourth-order valence-electron chi connectivity index (χ4n) is 1.70. The second-order valence-corrected chi connectivity index (χ2v) is 6.32. The summed E-state index contributed by atoms with van der Waals surface area (Å²) in [5, 5.41) is 6.81. The first-order valence-electron chi connectivity index (χ1n) is 7.33. The van der Waals surface area contributed by atoms with Crippen LogP contribution in [-0.4, -0.2) is 24.0 Å². The van der Waals surface area contributed by atoms with Gasteiger partial charge in [-0.05, 0) is 12.3 Å². The van der Waals surface area contributed by atoms with Crippen molar-refractivity contribution < 1.29 is 4.79 Å². The molecule has 1 aromatic heterocycles. The summed E-state index contributed by atoms with van der Waals surface area (Å²) in [5.74, 6) is 0.720. The minimum absolute atomic E-state index is 0.117. The van der Waals surface area contributed by atoms with Crippen molar-refractivity contribution in [2.45, 2.75) is 46.5 Å². The number of nitrogen functional groups attached to an aromatic ring is 1. The molecule has 1 heterocycles. The van der Waals surface area contributed by atoms with Crippen LogP contribution in [0.25, 0.3) is 0 Å². The van der Waals surface area contributed by atoms with E-state index in [-0.39, 0.29) is 5.91 Å². The Morgan fingerprint density at radius 1 is 1.35 bits per heavy atom. The molecule has 0 spiro atoms. The van der Waals surface area contributed by atoms with E-state index in [1.54, 1.807) is 0 Å². The molecule has 0 bridgehead atoms. The zero-order valence-corrected chi connectivity index (χ0v) is 13.5. The highest BCUT2D eigenvalue weighted by atomic mass is 32.1. The lowest BCUT2D eigenvalue weighted by atomic mass is 10.2. The number of aromatic nitrogens is 1. The molecule has 0 aliphatic heterocycles. The number of hydrogen-bond acceptors (Lipinski definition) is 5. The molecule has 0 radical (unpaired) electrons. The van der Waals surface area contributed by atoms with Crippen molar-refractivity contribution >= 4 is 28.2 Å². The van der Waals surface area contributed by atoms with Gasteiger partial charge >= 0.3 is 0 Å². The number of rotatable bonds is 9. The molecule has 0 aliphatic carbocycles. The molecule has 0 fully saturated rings. The highest BCUT2D eigenvalue weighted by Crippen LogP contribution is 2.24. The summed E-state index contributed by atoms with van der Waals surface area (Å²) in [6, 6.07) is 0. The third kappa shape index (κ3) is 5.77. The van der Waals surface area contributed by atoms with E-state index < -0.39 is 0 Å². The number of carbonyl (C=O) groups excluding carboxylic acids is 1. The summed E-state index contributed by atoms with van der Waals surface area (Å²) >= 11 is 1.32. The van der Waals surface area contributed by atoms with Gasteiger partial charge in [-0.2, -0.15) is 0 Å². The van der Waals surface area contributed by atoms with Gasteiger partial charge in [-0.1, -0.05) is 51.4 Å². The third-order valence-corrected chi connectivity index (χ3v) is 3.86. The first-order chi connectivity index (χ1) is 9.54. The van der Waals surface area contributed by atoms with Crippen LogP contribution < -0.4 is 16.4 Å². The zero-order valence-electron chi connectivity index (χ0n) is 12.7. The van der Waals surface area contributed by atoms with Gasteiger partial charge in [0.25, 0.3) is 5.91 Å². The van der Waals surface area contributed by atoms with Crippen LogP contribution in [0.4, 0.5) is 10.9 Å². The normalized spacial score (nSPS) is 10.8. The first kappa shape index (κ1) is 16.8. The Kier molecular flexibility index (Phi) is 7.36. The van der Waals surface area contributed by atoms with Gasteiger partial charge in [-0.3, -0.25) is 4.79 Å². The number of anilines is 2. The Labute approximate surface area is 125 Å². The van der Waals surface area contributed by atoms with Crippen molar-refractivity contribution in [3.8, 4) is 0 Å². The van der Waals surface area contributed by atoms with E-state index in [0.717, 1.165) is 19.4 Å². The molecule has 0 aromatic carbocycles. The number of amides is 1. The molecule has 0 aliphatic rings. The Hall–Kier alpha value is -1.30. The molecule has 114 valence electrons. The van der Waals surface area contributed by atoms with Crippen molar-refractivity contribution in [1.82, 2.24) is 10.3 Å². The van der Waals surface area contributed by atoms with E-state index in [1.165, 1.54) is 24.2 Å². The van der Waals surface area contributed by atoms with Crippen LogP contribution in [-0.2, 0) is 0 Å². The third-order valence-electron chi connectivity index (χ3n) is 2.84. The van der Waals surface area contributed by atoms with E-state index in [1.807, 2.05) is 0 Å². The lowest BCUT2D eigenvalue weighted by Gasteiger charge is -2.04. The van der Waals surface area contributed by atoms with Crippen LogP contribution in [0.1, 0.15) is 56.1 Å². The van der Waals surface area contributed by atoms with E-state index >= 15 is 0 Å². The van der Waals surface area contributed by atoms with Gasteiger partial charge in [0.15, 0.2) is 5.13 Å². The maximum atomic E-state index is 12.0. The molecular formula is C14H26N4OS. The number of nitrogens with zero attached hydrogens (tertiary/aromatic N) is 1. The van der Waals surface area contributed by atoms with Crippen molar-refractivity contribution in [3.05, 3.63) is 4.88 Å². The summed E-state index contributed by atoms with van der Waals surface area (Å²) in [4.78, 5) is 16.7. The summed E-state index contributed by atoms with van der Waals surface area (Å²) in [6.45, 7) is 7.93. The van der Waals surface area contributed by atoms with Gasteiger partial charge in [-0.15, -0.1) is 0 Å². The minimum atomic E-state index is -0.117. The van der Waals surface area contributed by atoms with Gasteiger partial charge in [0.05, 0.1) is 0 Å². The van der Waals surface area contributed by atoms with Gasteiger partial charge in [0, 0.05) is 13.1 Å². The largest absolute Gasteiger partial charge is 0.382 e. The number of nitrogens with one attached hydrogen (secondary N) is 2. The SMILES string of the molecule is CCCCCCNC(=O)c1sc(NCC(C)C)nc1N. The number of carbonyl (C=O) groups is 1. The number of nitrogens with two attached hydrogens (primary N) is 1. The van der Waals surface area contributed by atoms with E-state index in [9.17, 15) is 4.79 Å². The van der Waals surface area contributed by atoms with Gasteiger partial charge in [0.1, 0.15) is 10.7 Å². The number of hydrogen-bond donors (Lipinski definition) is 3. The number of unbranched alkanes of at least 4 members (excludes halogenated alkanes) is 3. The zero-order chi connectivity index (χ0) is 15.0. The fraction of sp³-hybridized carbons (Fsp3) is 0.714. The lowest BCUT2D eigenvalue weighted by molar-refractivity contribution is 0.0957. The molecule has 20 heavy (non-hydrogen) atoms. The Morgan fingerprint density at radius 3 is 2.75 bits per heavy atom. The predicted molar refractivity (Wildman–Crippen MR) is 86.3 cm³/mol. The minimum Gasteiger partial charge on any atom is -0.382 e. The molecule has 0 saturated carbocycles. The molecule has 0 atom stereocenters. The Bertz CT molecular complexity index is 417. The molecule has 6 heteroatoms. The molecule has 0 saturated heterocycles. The molecule has 0 unspecified atom stereocenters. The Morgan fingerprint density at radius 2 is 2.10 bits per heavy atom. The smallest absolute Gasteiger partial charge is 0.265 e. The quantitative estimate of drug-likeness (QED) is 0.612. The van der Waals surface area contributed by atoms with E-state index in [0.29, 0.717) is 28.3 Å². The molecule has 1 amide bonds. The monoisotopic (exact) mass is 298 g/mol. The maximum Gasteiger partial charge on any atom is 0.265 e. The lowest BCUT2D eigenvalue weighted by Crippen LogP contribution is -2.24. The van der Waals surface area contributed by atoms with Crippen LogP contribution in [0.3, 0.4) is 0 Å². The van der Waals surface area contributed by atoms with Crippen LogP contribution >= 0.6 is 11.3 Å². The van der Waals surface area contributed by atoms with Gasteiger partial charge in [-0.25, -0.2) is 4.98 Å². The van der Waals surface area contributed by atoms with E-state index in [2.05, 4.69) is 36.4 Å². The molecule has 1 aromatic rings. The highest BCUT2D eigenvalue weighted by Gasteiger charge is 2.15. The maximum absolute atomic E-state index is 12.0. The number of thiazole rings is 1. The first-order valence-corrected chi connectivity index (χ1v) is 8.14. The van der Waals surface area contributed by atoms with Crippen LogP contribution in [0, 0.1) is 5.92 Å². The van der Waals surface area contributed by atoms with Crippen LogP contribution in [0.5, 0.6) is 0 Å². The topological polar surface area (TPSA) is 80.0 Å². The molecule has 1 rings (SSSR count). The molecular weight excluding hydrogens is 272 g/mol. The standard InChI is InChI=1S/C14H26N4OS/c1-4-5-6-7-8-16-13(19)11-12(15)18-14(20-11)17-9-10(2)3/h10H,4-9,15H2,1-3H3,(H,16,19)(H,17,18). The van der Waals surface area contributed by atoms with Gasteiger partial charge in [0.2, 0.25) is 0 Å². The molecule has 4 N–H and O–H groups in total. The predicted octanol–water partition coefficient (Wildman–Crippen LogP) is 3.10. The second kappa shape index (κ2) is 8.79. The van der Waals surface area contributed by atoms with Crippen molar-refractivity contribution in [2.24, 2.45) is 5.92 Å². The summed E-state index contributed by atoms with van der Waals surface area (Å²) in [5.41, 5.74) is 5.80. The highest BCUT2D eigenvalue weighted by molar-refractivity contribution is 7.18.